The molecule has 2 nitrogen and oxygen atoms in total. The molecule has 0 aliphatic carbocycles. The van der Waals surface area contributed by atoms with E-state index in [1.165, 1.54) is 0 Å². The van der Waals surface area contributed by atoms with Crippen LogP contribution < -0.4 is 0 Å². The van der Waals surface area contributed by atoms with Gasteiger partial charge in [-0.25, -0.2) is 0 Å². The van der Waals surface area contributed by atoms with Gasteiger partial charge in [0.1, 0.15) is 0 Å². The van der Waals surface area contributed by atoms with Crippen LogP contribution in [0.2, 0.25) is 0 Å². The molecule has 68 valence electrons. The van der Waals surface area contributed by atoms with Crippen LogP contribution in [0.1, 0.15) is 29.8 Å². The summed E-state index contributed by atoms with van der Waals surface area (Å²) in [5.74, 6) is 0.0764. The third-order valence-corrected chi connectivity index (χ3v) is 1.88. The number of Topliss-reactive ketones (excluding diaryl/α,β-unsaturated/α-hetero) is 1. The predicted octanol–water partition coefficient (Wildman–Crippen LogP) is 2.92. The highest BCUT2D eigenvalue weighted by molar-refractivity contribution is 5.95. The molecule has 0 N–H and O–H groups in total. The Morgan fingerprint density at radius 3 is 2.69 bits per heavy atom. The van der Waals surface area contributed by atoms with Crippen LogP contribution in [0.15, 0.2) is 23.2 Å². The Kier molecular flexibility index (Phi) is 2.96. The van der Waals surface area contributed by atoms with E-state index in [-0.39, 0.29) is 5.78 Å². The minimum atomic E-state index is 0.0764. The Labute approximate surface area is 78.3 Å². The summed E-state index contributed by atoms with van der Waals surface area (Å²) in [5, 5.41) is 0. The molecule has 0 unspecified atom stereocenters. The molecular formula is C11H13NO. The Morgan fingerprint density at radius 1 is 1.46 bits per heavy atom. The monoisotopic (exact) mass is 175 g/mol. The molecule has 0 heterocycles. The van der Waals surface area contributed by atoms with Gasteiger partial charge in [0.25, 0.3) is 0 Å². The fourth-order valence-electron chi connectivity index (χ4n) is 1.11. The molecule has 0 bridgehead atoms. The van der Waals surface area contributed by atoms with Gasteiger partial charge in [0.15, 0.2) is 5.78 Å². The molecule has 0 radical (unpaired) electrons. The highest BCUT2D eigenvalue weighted by Gasteiger charge is 2.01. The second-order valence-electron chi connectivity index (χ2n) is 2.94. The van der Waals surface area contributed by atoms with Crippen molar-refractivity contribution in [3.05, 3.63) is 29.3 Å². The number of rotatable bonds is 2. The summed E-state index contributed by atoms with van der Waals surface area (Å²) in [5.41, 5.74) is 2.67. The molecule has 0 saturated carbocycles. The fourth-order valence-corrected chi connectivity index (χ4v) is 1.11. The quantitative estimate of drug-likeness (QED) is 0.502. The van der Waals surface area contributed by atoms with E-state index in [2.05, 4.69) is 4.99 Å². The Balaban J connectivity index is 3.18. The van der Waals surface area contributed by atoms with Gasteiger partial charge in [-0.1, -0.05) is 12.1 Å². The zero-order valence-electron chi connectivity index (χ0n) is 8.16. The molecule has 0 saturated heterocycles. The number of carbonyl (C=O) groups excluding carboxylic acids is 1. The molecule has 1 aromatic rings. The summed E-state index contributed by atoms with van der Waals surface area (Å²) in [6, 6.07) is 5.56. The maximum absolute atomic E-state index is 11.1. The lowest BCUT2D eigenvalue weighted by Crippen LogP contribution is -1.91. The van der Waals surface area contributed by atoms with E-state index in [0.29, 0.717) is 5.56 Å². The standard InChI is InChI=1S/C11H13NO/c1-4-12-11-7-10(9(3)13)6-5-8(11)2/h4-7H,1-3H3. The Bertz CT molecular complexity index is 353. The van der Waals surface area contributed by atoms with Crippen LogP contribution in [0.5, 0.6) is 0 Å². The first-order valence-corrected chi connectivity index (χ1v) is 4.25. The number of hydrogen-bond donors (Lipinski definition) is 0. The molecule has 1 aromatic carbocycles. The number of aliphatic imine (C=N–C) groups is 1. The second kappa shape index (κ2) is 3.99. The van der Waals surface area contributed by atoms with Gasteiger partial charge >= 0.3 is 0 Å². The first-order chi connectivity index (χ1) is 6.15. The van der Waals surface area contributed by atoms with Crippen LogP contribution in [-0.4, -0.2) is 12.0 Å². The van der Waals surface area contributed by atoms with Crippen molar-refractivity contribution in [2.75, 3.05) is 0 Å². The minimum absolute atomic E-state index is 0.0764. The van der Waals surface area contributed by atoms with Crippen molar-refractivity contribution < 1.29 is 4.79 Å². The van der Waals surface area contributed by atoms with Gasteiger partial charge in [-0.15, -0.1) is 0 Å². The Hall–Kier alpha value is -1.44. The zero-order chi connectivity index (χ0) is 9.84. The van der Waals surface area contributed by atoms with E-state index < -0.39 is 0 Å². The SMILES string of the molecule is CC=Nc1cc(C(C)=O)ccc1C. The normalized spacial score (nSPS) is 10.7. The molecule has 2 heteroatoms. The third-order valence-electron chi connectivity index (χ3n) is 1.88. The second-order valence-corrected chi connectivity index (χ2v) is 2.94. The van der Waals surface area contributed by atoms with Crippen LogP contribution in [0.4, 0.5) is 5.69 Å². The molecule has 1 rings (SSSR count). The molecule has 0 aliphatic rings. The van der Waals surface area contributed by atoms with E-state index in [1.54, 1.807) is 13.1 Å². The van der Waals surface area contributed by atoms with Gasteiger partial charge in [0.2, 0.25) is 0 Å². The van der Waals surface area contributed by atoms with Crippen molar-refractivity contribution in [3.63, 3.8) is 0 Å². The average Bonchev–Trinajstić information content (AvgIpc) is 2.08. The summed E-state index contributed by atoms with van der Waals surface area (Å²) < 4.78 is 0. The van der Waals surface area contributed by atoms with Crippen LogP contribution in [0, 0.1) is 6.92 Å². The average molecular weight is 175 g/mol. The molecule has 0 atom stereocenters. The van der Waals surface area contributed by atoms with E-state index in [1.807, 2.05) is 32.0 Å². The zero-order valence-corrected chi connectivity index (χ0v) is 8.16. The summed E-state index contributed by atoms with van der Waals surface area (Å²) in [6.07, 6.45) is 1.73. The summed E-state index contributed by atoms with van der Waals surface area (Å²) in [4.78, 5) is 15.2. The molecular weight excluding hydrogens is 162 g/mol. The van der Waals surface area contributed by atoms with Crippen LogP contribution in [0.3, 0.4) is 0 Å². The van der Waals surface area contributed by atoms with Gasteiger partial charge in [-0.05, 0) is 32.4 Å². The molecule has 0 spiro atoms. The maximum Gasteiger partial charge on any atom is 0.159 e. The van der Waals surface area contributed by atoms with Crippen molar-refractivity contribution in [2.24, 2.45) is 4.99 Å². The fraction of sp³-hybridized carbons (Fsp3) is 0.273. The number of nitrogens with zero attached hydrogens (tertiary/aromatic N) is 1. The smallest absolute Gasteiger partial charge is 0.159 e. The van der Waals surface area contributed by atoms with Crippen molar-refractivity contribution in [2.45, 2.75) is 20.8 Å². The van der Waals surface area contributed by atoms with E-state index >= 15 is 0 Å². The largest absolute Gasteiger partial charge is 0.295 e. The lowest BCUT2D eigenvalue weighted by Gasteiger charge is -2.01. The van der Waals surface area contributed by atoms with Crippen molar-refractivity contribution in [1.82, 2.24) is 0 Å². The van der Waals surface area contributed by atoms with Gasteiger partial charge in [-0.2, -0.15) is 0 Å². The topological polar surface area (TPSA) is 29.4 Å². The van der Waals surface area contributed by atoms with Gasteiger partial charge in [-0.3, -0.25) is 9.79 Å². The van der Waals surface area contributed by atoms with Crippen molar-refractivity contribution in [1.29, 1.82) is 0 Å². The predicted molar refractivity (Wildman–Crippen MR) is 55.0 cm³/mol. The van der Waals surface area contributed by atoms with Gasteiger partial charge in [0.05, 0.1) is 5.69 Å². The lowest BCUT2D eigenvalue weighted by molar-refractivity contribution is 0.101. The summed E-state index contributed by atoms with van der Waals surface area (Å²) in [6.45, 7) is 5.40. The number of carbonyl (C=O) groups is 1. The van der Waals surface area contributed by atoms with Gasteiger partial charge in [0, 0.05) is 11.8 Å². The van der Waals surface area contributed by atoms with E-state index in [0.717, 1.165) is 11.3 Å². The molecule has 0 aliphatic heterocycles. The van der Waals surface area contributed by atoms with E-state index in [9.17, 15) is 4.79 Å². The lowest BCUT2D eigenvalue weighted by atomic mass is 10.1. The van der Waals surface area contributed by atoms with Crippen LogP contribution in [-0.2, 0) is 0 Å². The van der Waals surface area contributed by atoms with Crippen LogP contribution >= 0.6 is 0 Å². The van der Waals surface area contributed by atoms with Crippen LogP contribution in [0.25, 0.3) is 0 Å². The number of benzene rings is 1. The molecule has 13 heavy (non-hydrogen) atoms. The molecule has 0 amide bonds. The summed E-state index contributed by atoms with van der Waals surface area (Å²) >= 11 is 0. The Morgan fingerprint density at radius 2 is 2.15 bits per heavy atom. The van der Waals surface area contributed by atoms with Gasteiger partial charge < -0.3 is 0 Å². The third kappa shape index (κ3) is 2.25. The number of ketones is 1. The minimum Gasteiger partial charge on any atom is -0.295 e. The first-order valence-electron chi connectivity index (χ1n) is 4.25. The van der Waals surface area contributed by atoms with Crippen molar-refractivity contribution in [3.8, 4) is 0 Å². The van der Waals surface area contributed by atoms with Crippen molar-refractivity contribution >= 4 is 17.7 Å². The summed E-state index contributed by atoms with van der Waals surface area (Å²) in [7, 11) is 0. The molecule has 0 fully saturated rings. The highest BCUT2D eigenvalue weighted by atomic mass is 16.1. The van der Waals surface area contributed by atoms with E-state index in [4.69, 9.17) is 0 Å². The molecule has 0 aromatic heterocycles. The number of hydrogen-bond acceptors (Lipinski definition) is 2. The number of aryl methyl sites for hydroxylation is 1. The maximum atomic E-state index is 11.1. The first kappa shape index (κ1) is 9.65. The highest BCUT2D eigenvalue weighted by Crippen LogP contribution is 2.19.